The molecule has 1 aromatic rings. The smallest absolute Gasteiger partial charge is 0.307 e. The highest BCUT2D eigenvalue weighted by Gasteiger charge is 2.14. The maximum absolute atomic E-state index is 11.4. The number of carbonyl (C=O) groups is 2. The van der Waals surface area contributed by atoms with Crippen LogP contribution in [0.5, 0.6) is 0 Å². The van der Waals surface area contributed by atoms with E-state index in [2.05, 4.69) is 9.69 Å². The van der Waals surface area contributed by atoms with Gasteiger partial charge < -0.3 is 10.1 Å². The average molecular weight is 256 g/mol. The number of nitrogens with one attached hydrogen (secondary N) is 1. The van der Waals surface area contributed by atoms with E-state index in [-0.39, 0.29) is 18.2 Å². The number of ether oxygens (including phenoxy) is 1. The Hall–Kier alpha value is -1.43. The predicted molar refractivity (Wildman–Crippen MR) is 66.6 cm³/mol. The quantitative estimate of drug-likeness (QED) is 0.623. The number of nitrogens with zero attached hydrogens (tertiary/aromatic N) is 1. The molecule has 5 nitrogen and oxygen atoms in total. The van der Waals surface area contributed by atoms with Crippen molar-refractivity contribution in [3.05, 3.63) is 11.3 Å². The van der Waals surface area contributed by atoms with Gasteiger partial charge in [0, 0.05) is 6.54 Å². The Kier molecular flexibility index (Phi) is 5.09. The van der Waals surface area contributed by atoms with Gasteiger partial charge in [0.2, 0.25) is 0 Å². The number of hydrogen-bond donors (Lipinski definition) is 1. The molecule has 0 saturated heterocycles. The van der Waals surface area contributed by atoms with Gasteiger partial charge in [0.15, 0.2) is 5.78 Å². The van der Waals surface area contributed by atoms with Crippen LogP contribution in [0.1, 0.15) is 36.3 Å². The third-order valence-corrected chi connectivity index (χ3v) is 3.03. The topological polar surface area (TPSA) is 68.3 Å². The molecule has 0 unspecified atom stereocenters. The van der Waals surface area contributed by atoms with Crippen molar-refractivity contribution in [1.29, 1.82) is 0 Å². The lowest BCUT2D eigenvalue weighted by molar-refractivity contribution is -0.142. The van der Waals surface area contributed by atoms with Crippen molar-refractivity contribution in [1.82, 2.24) is 4.37 Å². The standard InChI is InChI=1S/C11H16N2O3S/c1-4-16-9(15)5-6-12-11-10(8(3)14)7(2)13-17-11/h12H,4-6H2,1-3H3. The first kappa shape index (κ1) is 13.6. The molecule has 1 rings (SSSR count). The monoisotopic (exact) mass is 256 g/mol. The number of hydrogen-bond acceptors (Lipinski definition) is 6. The highest BCUT2D eigenvalue weighted by atomic mass is 32.1. The number of carbonyl (C=O) groups excluding carboxylic acids is 2. The molecule has 0 aliphatic heterocycles. The SMILES string of the molecule is CCOC(=O)CCNc1snc(C)c1C(C)=O. The second-order valence-corrected chi connectivity index (χ2v) is 4.28. The molecule has 0 spiro atoms. The molecule has 0 fully saturated rings. The number of rotatable bonds is 6. The number of esters is 1. The summed E-state index contributed by atoms with van der Waals surface area (Å²) in [6.07, 6.45) is 0.280. The number of Topliss-reactive ketones (excluding diaryl/α,β-unsaturated/α-hetero) is 1. The van der Waals surface area contributed by atoms with Crippen LogP contribution in [0, 0.1) is 6.92 Å². The van der Waals surface area contributed by atoms with Crippen molar-refractivity contribution >= 4 is 28.3 Å². The summed E-state index contributed by atoms with van der Waals surface area (Å²) in [7, 11) is 0. The summed E-state index contributed by atoms with van der Waals surface area (Å²) in [6, 6.07) is 0. The first-order valence-electron chi connectivity index (χ1n) is 5.43. The molecule has 1 N–H and O–H groups in total. The molecule has 0 aliphatic rings. The Morgan fingerprint density at radius 2 is 2.18 bits per heavy atom. The highest BCUT2D eigenvalue weighted by Crippen LogP contribution is 2.24. The van der Waals surface area contributed by atoms with Gasteiger partial charge in [-0.25, -0.2) is 0 Å². The summed E-state index contributed by atoms with van der Waals surface area (Å²) in [4.78, 5) is 22.5. The van der Waals surface area contributed by atoms with Crippen LogP contribution in [-0.4, -0.2) is 29.3 Å². The van der Waals surface area contributed by atoms with Gasteiger partial charge in [0.1, 0.15) is 5.00 Å². The van der Waals surface area contributed by atoms with Gasteiger partial charge in [-0.1, -0.05) is 0 Å². The van der Waals surface area contributed by atoms with Gasteiger partial charge in [-0.05, 0) is 32.3 Å². The Balaban J connectivity index is 2.52. The molecule has 0 aliphatic carbocycles. The lowest BCUT2D eigenvalue weighted by Gasteiger charge is -2.05. The maximum atomic E-state index is 11.4. The largest absolute Gasteiger partial charge is 0.466 e. The van der Waals surface area contributed by atoms with Gasteiger partial charge in [0.25, 0.3) is 0 Å². The second-order valence-electron chi connectivity index (χ2n) is 3.51. The van der Waals surface area contributed by atoms with E-state index in [9.17, 15) is 9.59 Å². The number of ketones is 1. The third-order valence-electron chi connectivity index (χ3n) is 2.13. The Morgan fingerprint density at radius 1 is 1.47 bits per heavy atom. The molecular weight excluding hydrogens is 240 g/mol. The number of anilines is 1. The molecule has 0 amide bonds. The molecule has 0 saturated carbocycles. The normalized spacial score (nSPS) is 10.1. The molecule has 0 atom stereocenters. The maximum Gasteiger partial charge on any atom is 0.307 e. The van der Waals surface area contributed by atoms with E-state index >= 15 is 0 Å². The first-order chi connectivity index (χ1) is 8.06. The fourth-order valence-electron chi connectivity index (χ4n) is 1.42. The molecular formula is C11H16N2O3S. The van der Waals surface area contributed by atoms with Crippen LogP contribution in [0.15, 0.2) is 0 Å². The van der Waals surface area contributed by atoms with Gasteiger partial charge in [0.05, 0.1) is 24.3 Å². The highest BCUT2D eigenvalue weighted by molar-refractivity contribution is 7.10. The van der Waals surface area contributed by atoms with Gasteiger partial charge in [-0.15, -0.1) is 0 Å². The van der Waals surface area contributed by atoms with Crippen LogP contribution in [0.25, 0.3) is 0 Å². The zero-order valence-electron chi connectivity index (χ0n) is 10.2. The average Bonchev–Trinajstić information content (AvgIpc) is 2.60. The van der Waals surface area contributed by atoms with Crippen LogP contribution in [0.2, 0.25) is 0 Å². The van der Waals surface area contributed by atoms with Gasteiger partial charge in [-0.2, -0.15) is 4.37 Å². The minimum Gasteiger partial charge on any atom is -0.466 e. The summed E-state index contributed by atoms with van der Waals surface area (Å²) in [5.41, 5.74) is 1.33. The van der Waals surface area contributed by atoms with Crippen molar-refractivity contribution in [3.63, 3.8) is 0 Å². The van der Waals surface area contributed by atoms with Crippen molar-refractivity contribution in [2.24, 2.45) is 0 Å². The zero-order valence-corrected chi connectivity index (χ0v) is 11.0. The first-order valence-corrected chi connectivity index (χ1v) is 6.20. The summed E-state index contributed by atoms with van der Waals surface area (Å²) < 4.78 is 8.92. The van der Waals surface area contributed by atoms with Gasteiger partial charge >= 0.3 is 5.97 Å². The molecule has 1 aromatic heterocycles. The molecule has 17 heavy (non-hydrogen) atoms. The van der Waals surface area contributed by atoms with Crippen molar-refractivity contribution < 1.29 is 14.3 Å². The summed E-state index contributed by atoms with van der Waals surface area (Å²) in [5, 5.41) is 3.76. The number of aromatic nitrogens is 1. The van der Waals surface area contributed by atoms with Crippen LogP contribution in [0.3, 0.4) is 0 Å². The Morgan fingerprint density at radius 3 is 2.76 bits per heavy atom. The van der Waals surface area contributed by atoms with E-state index in [0.29, 0.717) is 18.7 Å². The lowest BCUT2D eigenvalue weighted by Crippen LogP contribution is -2.12. The van der Waals surface area contributed by atoms with E-state index < -0.39 is 0 Å². The van der Waals surface area contributed by atoms with Crippen LogP contribution in [0.4, 0.5) is 5.00 Å². The fraction of sp³-hybridized carbons (Fsp3) is 0.545. The minimum atomic E-state index is -0.245. The van der Waals surface area contributed by atoms with E-state index in [0.717, 1.165) is 10.7 Å². The van der Waals surface area contributed by atoms with Crippen LogP contribution >= 0.6 is 11.5 Å². The van der Waals surface area contributed by atoms with Gasteiger partial charge in [-0.3, -0.25) is 9.59 Å². The lowest BCUT2D eigenvalue weighted by atomic mass is 10.2. The third kappa shape index (κ3) is 3.81. The van der Waals surface area contributed by atoms with E-state index in [4.69, 9.17) is 4.74 Å². The second kappa shape index (κ2) is 6.34. The Bertz CT molecular complexity index is 415. The van der Waals surface area contributed by atoms with E-state index in [1.807, 2.05) is 0 Å². The minimum absolute atomic E-state index is 0.0186. The van der Waals surface area contributed by atoms with E-state index in [1.54, 1.807) is 13.8 Å². The van der Waals surface area contributed by atoms with Crippen LogP contribution in [-0.2, 0) is 9.53 Å². The Labute approximate surface area is 104 Å². The molecule has 1 heterocycles. The predicted octanol–water partition coefficient (Wildman–Crippen LogP) is 2.02. The molecule has 0 radical (unpaired) electrons. The molecule has 0 aromatic carbocycles. The van der Waals surface area contributed by atoms with Crippen molar-refractivity contribution in [3.8, 4) is 0 Å². The molecule has 0 bridgehead atoms. The zero-order chi connectivity index (χ0) is 12.8. The number of aryl methyl sites for hydroxylation is 1. The van der Waals surface area contributed by atoms with Crippen molar-refractivity contribution in [2.75, 3.05) is 18.5 Å². The summed E-state index contributed by atoms with van der Waals surface area (Å²) in [6.45, 7) is 5.90. The summed E-state index contributed by atoms with van der Waals surface area (Å²) in [5.74, 6) is -0.263. The van der Waals surface area contributed by atoms with Crippen LogP contribution < -0.4 is 5.32 Å². The molecule has 6 heteroatoms. The van der Waals surface area contributed by atoms with E-state index in [1.165, 1.54) is 18.5 Å². The fourth-order valence-corrected chi connectivity index (χ4v) is 2.29. The van der Waals surface area contributed by atoms with Crippen molar-refractivity contribution in [2.45, 2.75) is 27.2 Å². The molecule has 94 valence electrons. The summed E-state index contributed by atoms with van der Waals surface area (Å²) >= 11 is 1.24.